The quantitative estimate of drug-likeness (QED) is 0.472. The number of alkyl halides is 1. The van der Waals surface area contributed by atoms with Gasteiger partial charge < -0.3 is 10.1 Å². The summed E-state index contributed by atoms with van der Waals surface area (Å²) in [6.07, 6.45) is 3.40. The fraction of sp³-hybridized carbons (Fsp3) is 0.136. The number of nitrogens with one attached hydrogen (secondary N) is 1. The van der Waals surface area contributed by atoms with Gasteiger partial charge in [0.2, 0.25) is 5.91 Å². The van der Waals surface area contributed by atoms with Crippen molar-refractivity contribution >= 4 is 40.0 Å². The Hall–Kier alpha value is -2.83. The zero-order valence-electron chi connectivity index (χ0n) is 15.6. The van der Waals surface area contributed by atoms with E-state index in [2.05, 4.69) is 15.3 Å². The highest BCUT2D eigenvalue weighted by atomic mass is 35.5. The summed E-state index contributed by atoms with van der Waals surface area (Å²) in [5, 5.41) is 3.12. The van der Waals surface area contributed by atoms with E-state index in [1.165, 1.54) is 11.8 Å². The molecule has 2 atom stereocenters. The predicted octanol–water partition coefficient (Wildman–Crippen LogP) is 4.82. The first-order valence-corrected chi connectivity index (χ1v) is 10.3. The second kappa shape index (κ2) is 8.68. The number of halogens is 1. The molecule has 2 unspecified atom stereocenters. The number of benzene rings is 2. The van der Waals surface area contributed by atoms with Crippen LogP contribution in [0.1, 0.15) is 5.56 Å². The van der Waals surface area contributed by atoms with Crippen LogP contribution in [-0.4, -0.2) is 33.8 Å². The highest BCUT2D eigenvalue weighted by molar-refractivity contribution is 8.15. The van der Waals surface area contributed by atoms with Gasteiger partial charge in [0, 0.05) is 18.0 Å². The van der Waals surface area contributed by atoms with Gasteiger partial charge in [-0.25, -0.2) is 0 Å². The maximum atomic E-state index is 13.0. The molecule has 4 rings (SSSR count). The van der Waals surface area contributed by atoms with Gasteiger partial charge in [-0.3, -0.25) is 14.8 Å². The van der Waals surface area contributed by atoms with Crippen molar-refractivity contribution in [2.24, 2.45) is 4.99 Å². The van der Waals surface area contributed by atoms with Crippen molar-refractivity contribution in [3.8, 4) is 16.9 Å². The summed E-state index contributed by atoms with van der Waals surface area (Å²) in [5.74, 6) is 0.363. The summed E-state index contributed by atoms with van der Waals surface area (Å²) >= 11 is 7.70. The molecule has 0 saturated carbocycles. The minimum atomic E-state index is -0.654. The van der Waals surface area contributed by atoms with Crippen molar-refractivity contribution in [1.29, 1.82) is 0 Å². The molecular weight excluding hydrogens is 406 g/mol. The number of anilines is 1. The molecule has 2 aromatic carbocycles. The third-order valence-corrected chi connectivity index (χ3v) is 6.25. The van der Waals surface area contributed by atoms with E-state index in [1.807, 2.05) is 60.7 Å². The average Bonchev–Trinajstić information content (AvgIpc) is 3.17. The van der Waals surface area contributed by atoms with E-state index in [9.17, 15) is 4.79 Å². The van der Waals surface area contributed by atoms with Crippen LogP contribution in [0, 0.1) is 0 Å². The van der Waals surface area contributed by atoms with E-state index < -0.39 is 10.8 Å². The lowest BCUT2D eigenvalue weighted by Crippen LogP contribution is -2.29. The van der Waals surface area contributed by atoms with Crippen LogP contribution >= 0.6 is 23.4 Å². The largest absolute Gasteiger partial charge is 0.495 e. The summed E-state index contributed by atoms with van der Waals surface area (Å²) in [6.45, 7) is 0. The lowest BCUT2D eigenvalue weighted by molar-refractivity contribution is -0.115. The summed E-state index contributed by atoms with van der Waals surface area (Å²) < 4.78 is 5.43. The van der Waals surface area contributed by atoms with Gasteiger partial charge >= 0.3 is 0 Å². The maximum Gasteiger partial charge on any atom is 0.241 e. The normalized spacial score (nSPS) is 18.2. The summed E-state index contributed by atoms with van der Waals surface area (Å²) in [4.78, 5) is 21.5. The number of methoxy groups -OCH3 is 1. The smallest absolute Gasteiger partial charge is 0.241 e. The van der Waals surface area contributed by atoms with Crippen molar-refractivity contribution in [2.75, 3.05) is 12.4 Å². The number of amides is 1. The van der Waals surface area contributed by atoms with Crippen LogP contribution < -0.4 is 10.1 Å². The summed E-state index contributed by atoms with van der Waals surface area (Å²) in [5.41, 5.74) is 2.83. The molecule has 0 fully saturated rings. The van der Waals surface area contributed by atoms with E-state index in [4.69, 9.17) is 16.3 Å². The van der Waals surface area contributed by atoms with E-state index in [1.54, 1.807) is 19.5 Å². The van der Waals surface area contributed by atoms with Gasteiger partial charge in [-0.15, -0.1) is 0 Å². The fourth-order valence-corrected chi connectivity index (χ4v) is 4.45. The lowest BCUT2D eigenvalue weighted by atomic mass is 10.0. The van der Waals surface area contributed by atoms with Crippen molar-refractivity contribution in [2.45, 2.75) is 10.8 Å². The van der Waals surface area contributed by atoms with Gasteiger partial charge in [-0.2, -0.15) is 0 Å². The lowest BCUT2D eigenvalue weighted by Gasteiger charge is -2.16. The molecule has 2 heterocycles. The van der Waals surface area contributed by atoms with Crippen LogP contribution in [0.5, 0.6) is 5.75 Å². The fourth-order valence-electron chi connectivity index (χ4n) is 3.02. The van der Waals surface area contributed by atoms with Gasteiger partial charge in [0.25, 0.3) is 0 Å². The van der Waals surface area contributed by atoms with Crippen LogP contribution in [0.2, 0.25) is 0 Å². The predicted molar refractivity (Wildman–Crippen MR) is 119 cm³/mol. The SMILES string of the molecule is COc1ccc(-c2ccccc2)cc1NC(=O)C1SC(c2cccnc2)=NC1Cl. The molecule has 0 spiro atoms. The first-order chi connectivity index (χ1) is 14.2. The summed E-state index contributed by atoms with van der Waals surface area (Å²) in [7, 11) is 1.57. The molecule has 1 N–H and O–H groups in total. The van der Waals surface area contributed by atoms with Crippen molar-refractivity contribution in [3.63, 3.8) is 0 Å². The van der Waals surface area contributed by atoms with Gasteiger partial charge in [-0.05, 0) is 35.4 Å². The number of carbonyl (C=O) groups excluding carboxylic acids is 1. The van der Waals surface area contributed by atoms with E-state index in [-0.39, 0.29) is 5.91 Å². The first-order valence-electron chi connectivity index (χ1n) is 8.99. The summed E-state index contributed by atoms with van der Waals surface area (Å²) in [6, 6.07) is 19.4. The van der Waals surface area contributed by atoms with Crippen molar-refractivity contribution in [1.82, 2.24) is 4.98 Å². The Bertz CT molecular complexity index is 1040. The number of aromatic nitrogens is 1. The highest BCUT2D eigenvalue weighted by Gasteiger charge is 2.35. The number of rotatable bonds is 5. The third-order valence-electron chi connectivity index (χ3n) is 4.46. The Morgan fingerprint density at radius 1 is 1.07 bits per heavy atom. The number of thioether (sulfide) groups is 1. The number of nitrogens with zero attached hydrogens (tertiary/aromatic N) is 2. The van der Waals surface area contributed by atoms with E-state index in [0.717, 1.165) is 16.7 Å². The Labute approximate surface area is 178 Å². The van der Waals surface area contributed by atoms with Gasteiger partial charge in [0.1, 0.15) is 21.5 Å². The first kappa shape index (κ1) is 19.5. The molecule has 29 heavy (non-hydrogen) atoms. The molecule has 1 aromatic heterocycles. The molecule has 0 aliphatic carbocycles. The Kier molecular flexibility index (Phi) is 5.83. The van der Waals surface area contributed by atoms with Gasteiger partial charge in [-0.1, -0.05) is 59.8 Å². The monoisotopic (exact) mass is 423 g/mol. The molecule has 1 aliphatic rings. The highest BCUT2D eigenvalue weighted by Crippen LogP contribution is 2.35. The Balaban J connectivity index is 1.54. The van der Waals surface area contributed by atoms with Crippen molar-refractivity contribution in [3.05, 3.63) is 78.6 Å². The minimum Gasteiger partial charge on any atom is -0.495 e. The average molecular weight is 424 g/mol. The molecule has 146 valence electrons. The van der Waals surface area contributed by atoms with Crippen LogP contribution in [0.15, 0.2) is 78.0 Å². The number of ether oxygens (including phenoxy) is 1. The molecule has 5 nitrogen and oxygen atoms in total. The molecule has 0 bridgehead atoms. The van der Waals surface area contributed by atoms with Gasteiger partial charge in [0.15, 0.2) is 0 Å². The third kappa shape index (κ3) is 4.28. The molecule has 0 radical (unpaired) electrons. The standard InChI is InChI=1S/C22H18ClN3O2S/c1-28-18-10-9-15(14-6-3-2-4-7-14)12-17(18)25-21(27)19-20(23)26-22(29-19)16-8-5-11-24-13-16/h2-13,19-20H,1H3,(H,25,27). The van der Waals surface area contributed by atoms with E-state index in [0.29, 0.717) is 16.5 Å². The Morgan fingerprint density at radius 2 is 1.86 bits per heavy atom. The zero-order valence-corrected chi connectivity index (χ0v) is 17.2. The number of hydrogen-bond acceptors (Lipinski definition) is 5. The molecular formula is C22H18ClN3O2S. The van der Waals surface area contributed by atoms with E-state index >= 15 is 0 Å². The van der Waals surface area contributed by atoms with Crippen LogP contribution in [-0.2, 0) is 4.79 Å². The zero-order chi connectivity index (χ0) is 20.2. The maximum absolute atomic E-state index is 13.0. The second-order valence-corrected chi connectivity index (χ2v) is 7.93. The number of pyridine rings is 1. The van der Waals surface area contributed by atoms with Crippen LogP contribution in [0.4, 0.5) is 5.69 Å². The van der Waals surface area contributed by atoms with Crippen LogP contribution in [0.25, 0.3) is 11.1 Å². The molecule has 1 aliphatic heterocycles. The molecule has 3 aromatic rings. The molecule has 7 heteroatoms. The number of hydrogen-bond donors (Lipinski definition) is 1. The molecule has 1 amide bonds. The Morgan fingerprint density at radius 3 is 2.59 bits per heavy atom. The molecule has 0 saturated heterocycles. The van der Waals surface area contributed by atoms with Crippen molar-refractivity contribution < 1.29 is 9.53 Å². The minimum absolute atomic E-state index is 0.221. The van der Waals surface area contributed by atoms with Crippen LogP contribution in [0.3, 0.4) is 0 Å². The van der Waals surface area contributed by atoms with Gasteiger partial charge in [0.05, 0.1) is 12.8 Å². The topological polar surface area (TPSA) is 63.6 Å². The second-order valence-electron chi connectivity index (χ2n) is 6.36. The number of carbonyl (C=O) groups is 1. The number of aliphatic imine (C=N–C) groups is 1.